The molecule has 1 amide bonds. The second-order valence-corrected chi connectivity index (χ2v) is 6.94. The van der Waals surface area contributed by atoms with Crippen LogP contribution in [0.5, 0.6) is 0 Å². The smallest absolute Gasteiger partial charge is 0.386 e. The Hall–Kier alpha value is -3.96. The number of amides is 1. The zero-order valence-electron chi connectivity index (χ0n) is 17.3. The van der Waals surface area contributed by atoms with Gasteiger partial charge in [-0.1, -0.05) is 12.6 Å². The van der Waals surface area contributed by atoms with Gasteiger partial charge in [-0.25, -0.2) is 4.98 Å². The summed E-state index contributed by atoms with van der Waals surface area (Å²) < 4.78 is 37.7. The molecule has 9 nitrogen and oxygen atoms in total. The molecule has 0 bridgehead atoms. The molecule has 0 aliphatic carbocycles. The number of nitrogens with zero attached hydrogens (tertiary/aromatic N) is 4. The van der Waals surface area contributed by atoms with Gasteiger partial charge in [0.2, 0.25) is 5.95 Å². The number of alkyl halides is 3. The van der Waals surface area contributed by atoms with Crippen LogP contribution in [0, 0.1) is 12.3 Å². The summed E-state index contributed by atoms with van der Waals surface area (Å²) in [4.78, 5) is 25.6. The average Bonchev–Trinajstić information content (AvgIpc) is 2.75. The standard InChI is InChI=1S/C20H21F3N8O/c1-11-16-17(31(3)12(2)18(32)29-16)30-19(28-11)27-10-14(6-24)8-25-7-13-4-5-15(26-9-13)20(21,22)23/h4-6,8-9,24-25H,2,7,10H2,1,3H3,(H,29,32)(H,27,28,30)/b14-8+,24-6?. The number of nitrogens with one attached hydrogen (secondary N) is 4. The van der Waals surface area contributed by atoms with Crippen LogP contribution in [-0.2, 0) is 17.5 Å². The molecule has 32 heavy (non-hydrogen) atoms. The van der Waals surface area contributed by atoms with Crippen LogP contribution < -0.4 is 20.9 Å². The summed E-state index contributed by atoms with van der Waals surface area (Å²) in [6, 6.07) is 2.26. The van der Waals surface area contributed by atoms with Crippen molar-refractivity contribution in [2.45, 2.75) is 19.6 Å². The molecule has 1 aliphatic rings. The topological polar surface area (TPSA) is 119 Å². The summed E-state index contributed by atoms with van der Waals surface area (Å²) in [7, 11) is 1.68. The molecule has 3 heterocycles. The second-order valence-electron chi connectivity index (χ2n) is 6.94. The Labute approximate surface area is 182 Å². The molecule has 2 aromatic rings. The number of pyridine rings is 1. The normalized spacial score (nSPS) is 14.0. The molecule has 0 atom stereocenters. The number of fused-ring (bicyclic) bond motifs is 1. The largest absolute Gasteiger partial charge is 0.433 e. The van der Waals surface area contributed by atoms with E-state index in [4.69, 9.17) is 5.41 Å². The van der Waals surface area contributed by atoms with Gasteiger partial charge in [0.15, 0.2) is 5.82 Å². The van der Waals surface area contributed by atoms with Crippen LogP contribution in [0.3, 0.4) is 0 Å². The van der Waals surface area contributed by atoms with Gasteiger partial charge in [-0.3, -0.25) is 9.78 Å². The highest BCUT2D eigenvalue weighted by molar-refractivity contribution is 6.11. The van der Waals surface area contributed by atoms with Gasteiger partial charge in [-0.05, 0) is 18.6 Å². The lowest BCUT2D eigenvalue weighted by Crippen LogP contribution is -2.34. The highest BCUT2D eigenvalue weighted by Gasteiger charge is 2.32. The molecule has 12 heteroatoms. The maximum absolute atomic E-state index is 12.6. The van der Waals surface area contributed by atoms with Crippen molar-refractivity contribution in [3.8, 4) is 0 Å². The van der Waals surface area contributed by atoms with Crippen LogP contribution in [0.4, 0.5) is 30.6 Å². The number of carbonyl (C=O) groups is 1. The van der Waals surface area contributed by atoms with Crippen molar-refractivity contribution in [2.75, 3.05) is 29.1 Å². The van der Waals surface area contributed by atoms with Gasteiger partial charge in [0.25, 0.3) is 5.91 Å². The molecular formula is C20H21F3N8O. The third-order valence-corrected chi connectivity index (χ3v) is 4.64. The van der Waals surface area contributed by atoms with Crippen molar-refractivity contribution in [2.24, 2.45) is 0 Å². The highest BCUT2D eigenvalue weighted by Crippen LogP contribution is 2.33. The van der Waals surface area contributed by atoms with Crippen LogP contribution in [0.25, 0.3) is 0 Å². The minimum atomic E-state index is -4.48. The molecule has 0 aromatic carbocycles. The van der Waals surface area contributed by atoms with E-state index in [0.29, 0.717) is 34.3 Å². The molecule has 0 radical (unpaired) electrons. The number of likely N-dealkylation sites (N-methyl/N-ethyl adjacent to an activating group) is 1. The van der Waals surface area contributed by atoms with E-state index in [2.05, 4.69) is 37.5 Å². The van der Waals surface area contributed by atoms with Crippen molar-refractivity contribution in [3.05, 3.63) is 59.3 Å². The first-order valence-corrected chi connectivity index (χ1v) is 9.41. The number of aryl methyl sites for hydroxylation is 1. The monoisotopic (exact) mass is 446 g/mol. The van der Waals surface area contributed by atoms with Gasteiger partial charge < -0.3 is 26.3 Å². The quantitative estimate of drug-likeness (QED) is 0.381. The predicted molar refractivity (Wildman–Crippen MR) is 114 cm³/mol. The van der Waals surface area contributed by atoms with Gasteiger partial charge in [0.1, 0.15) is 17.1 Å². The Balaban J connectivity index is 1.62. The van der Waals surface area contributed by atoms with Gasteiger partial charge in [-0.15, -0.1) is 0 Å². The van der Waals surface area contributed by atoms with Gasteiger partial charge in [0.05, 0.1) is 5.69 Å². The third kappa shape index (κ3) is 5.02. The lowest BCUT2D eigenvalue weighted by Gasteiger charge is -2.28. The zero-order chi connectivity index (χ0) is 23.5. The SMILES string of the molecule is C=C1C(=O)Nc2c(C)nc(NC/C(C=N)=C/NCc3ccc(C(F)(F)F)nc3)nc2N1C. The summed E-state index contributed by atoms with van der Waals surface area (Å²) >= 11 is 0. The molecule has 1 aliphatic heterocycles. The van der Waals surface area contributed by atoms with E-state index in [0.717, 1.165) is 18.5 Å². The minimum absolute atomic E-state index is 0.219. The average molecular weight is 446 g/mol. The fourth-order valence-corrected chi connectivity index (χ4v) is 2.81. The maximum Gasteiger partial charge on any atom is 0.433 e. The van der Waals surface area contributed by atoms with Crippen LogP contribution in [0.2, 0.25) is 0 Å². The number of carbonyl (C=O) groups excluding carboxylic acids is 1. The molecule has 4 N–H and O–H groups in total. The number of aromatic nitrogens is 3. The molecule has 0 fully saturated rings. The van der Waals surface area contributed by atoms with Gasteiger partial charge in [-0.2, -0.15) is 18.2 Å². The van der Waals surface area contributed by atoms with Crippen molar-refractivity contribution >= 4 is 29.6 Å². The summed E-state index contributed by atoms with van der Waals surface area (Å²) in [5, 5.41) is 16.2. The van der Waals surface area contributed by atoms with E-state index >= 15 is 0 Å². The number of rotatable bonds is 7. The number of anilines is 3. The lowest BCUT2D eigenvalue weighted by atomic mass is 10.2. The Morgan fingerprint density at radius 3 is 2.72 bits per heavy atom. The second kappa shape index (κ2) is 9.04. The molecule has 168 valence electrons. The number of halogens is 3. The maximum atomic E-state index is 12.6. The summed E-state index contributed by atoms with van der Waals surface area (Å²) in [5.41, 5.74) is 1.49. The first kappa shape index (κ1) is 22.7. The molecule has 0 saturated heterocycles. The summed E-state index contributed by atoms with van der Waals surface area (Å²) in [5.74, 6) is 0.477. The highest BCUT2D eigenvalue weighted by atomic mass is 19.4. The predicted octanol–water partition coefficient (Wildman–Crippen LogP) is 2.84. The fraction of sp³-hybridized carbons (Fsp3) is 0.250. The third-order valence-electron chi connectivity index (χ3n) is 4.64. The molecule has 0 unspecified atom stereocenters. The van der Waals surface area contributed by atoms with Crippen LogP contribution >= 0.6 is 0 Å². The first-order chi connectivity index (χ1) is 15.1. The van der Waals surface area contributed by atoms with Crippen molar-refractivity contribution < 1.29 is 18.0 Å². The first-order valence-electron chi connectivity index (χ1n) is 9.41. The zero-order valence-corrected chi connectivity index (χ0v) is 17.3. The van der Waals surface area contributed by atoms with E-state index in [9.17, 15) is 18.0 Å². The van der Waals surface area contributed by atoms with E-state index < -0.39 is 11.9 Å². The fourth-order valence-electron chi connectivity index (χ4n) is 2.81. The van der Waals surface area contributed by atoms with E-state index in [-0.39, 0.29) is 24.7 Å². The molecular weight excluding hydrogens is 425 g/mol. The Morgan fingerprint density at radius 2 is 2.09 bits per heavy atom. The van der Waals surface area contributed by atoms with E-state index in [1.807, 2.05) is 0 Å². The van der Waals surface area contributed by atoms with Gasteiger partial charge in [0, 0.05) is 44.3 Å². The number of hydrogen-bond acceptors (Lipinski definition) is 8. The number of hydrogen-bond donors (Lipinski definition) is 4. The molecule has 3 rings (SSSR count). The van der Waals surface area contributed by atoms with E-state index in [1.54, 1.807) is 25.1 Å². The van der Waals surface area contributed by atoms with E-state index in [1.165, 1.54) is 6.07 Å². The Kier molecular flexibility index (Phi) is 6.42. The van der Waals surface area contributed by atoms with Crippen LogP contribution in [-0.4, -0.2) is 40.7 Å². The Morgan fingerprint density at radius 1 is 1.34 bits per heavy atom. The molecule has 0 spiro atoms. The molecule has 2 aromatic heterocycles. The minimum Gasteiger partial charge on any atom is -0.386 e. The summed E-state index contributed by atoms with van der Waals surface area (Å²) in [6.07, 6.45) is -0.629. The van der Waals surface area contributed by atoms with Crippen LogP contribution in [0.1, 0.15) is 17.0 Å². The van der Waals surface area contributed by atoms with Crippen LogP contribution in [0.15, 0.2) is 42.4 Å². The van der Waals surface area contributed by atoms with Gasteiger partial charge >= 0.3 is 6.18 Å². The molecule has 0 saturated carbocycles. The van der Waals surface area contributed by atoms with Crippen molar-refractivity contribution in [1.29, 1.82) is 5.41 Å². The van der Waals surface area contributed by atoms with Crippen molar-refractivity contribution in [1.82, 2.24) is 20.3 Å². The van der Waals surface area contributed by atoms with Crippen molar-refractivity contribution in [3.63, 3.8) is 0 Å². The lowest BCUT2D eigenvalue weighted by molar-refractivity contribution is -0.141. The Bertz CT molecular complexity index is 1080. The summed E-state index contributed by atoms with van der Waals surface area (Å²) in [6.45, 7) is 5.92.